The lowest BCUT2D eigenvalue weighted by atomic mass is 10.2. The second-order valence-corrected chi connectivity index (χ2v) is 4.99. The van der Waals surface area contributed by atoms with Gasteiger partial charge in [-0.05, 0) is 30.3 Å². The smallest absolute Gasteiger partial charge is 0.257 e. The Morgan fingerprint density at radius 2 is 1.86 bits per heavy atom. The molecule has 2 amide bonds. The zero-order valence-electron chi connectivity index (χ0n) is 11.0. The molecule has 1 heterocycles. The summed E-state index contributed by atoms with van der Waals surface area (Å²) in [4.78, 5) is 26.8. The van der Waals surface area contributed by atoms with Crippen molar-refractivity contribution < 1.29 is 9.59 Å². The van der Waals surface area contributed by atoms with Crippen molar-refractivity contribution in [2.75, 3.05) is 10.6 Å². The quantitative estimate of drug-likeness (QED) is 0.848. The van der Waals surface area contributed by atoms with Gasteiger partial charge in [-0.1, -0.05) is 23.2 Å². The number of carbonyl (C=O) groups excluding carboxylic acids is 2. The summed E-state index contributed by atoms with van der Waals surface area (Å²) in [5.41, 5.74) is 1.37. The summed E-state index contributed by atoms with van der Waals surface area (Å²) < 4.78 is 0. The lowest BCUT2D eigenvalue weighted by Crippen LogP contribution is -2.12. The average molecular weight is 324 g/mol. The minimum absolute atomic E-state index is 0.221. The fraction of sp³-hybridized carbons (Fsp3) is 0.0714. The van der Waals surface area contributed by atoms with E-state index in [0.29, 0.717) is 27.1 Å². The number of pyridine rings is 1. The van der Waals surface area contributed by atoms with Crippen molar-refractivity contribution in [3.05, 3.63) is 52.3 Å². The van der Waals surface area contributed by atoms with Crippen molar-refractivity contribution in [2.24, 2.45) is 0 Å². The second-order valence-electron chi connectivity index (χ2n) is 4.20. The highest BCUT2D eigenvalue weighted by Gasteiger charge is 2.09. The Labute approximate surface area is 131 Å². The normalized spacial score (nSPS) is 10.0. The van der Waals surface area contributed by atoms with Crippen LogP contribution < -0.4 is 10.6 Å². The van der Waals surface area contributed by atoms with E-state index < -0.39 is 0 Å². The number of nitrogens with zero attached hydrogens (tertiary/aromatic N) is 1. The molecule has 0 fully saturated rings. The van der Waals surface area contributed by atoms with Gasteiger partial charge in [-0.3, -0.25) is 9.59 Å². The molecule has 0 bridgehead atoms. The van der Waals surface area contributed by atoms with Crippen molar-refractivity contribution in [3.8, 4) is 0 Å². The van der Waals surface area contributed by atoms with Crippen molar-refractivity contribution in [1.82, 2.24) is 4.98 Å². The van der Waals surface area contributed by atoms with Crippen LogP contribution in [0.4, 0.5) is 11.4 Å². The second kappa shape index (κ2) is 6.56. The van der Waals surface area contributed by atoms with Crippen LogP contribution in [0.2, 0.25) is 10.2 Å². The number of aromatic nitrogens is 1. The Morgan fingerprint density at radius 3 is 2.43 bits per heavy atom. The van der Waals surface area contributed by atoms with E-state index in [0.717, 1.165) is 0 Å². The van der Waals surface area contributed by atoms with Crippen molar-refractivity contribution in [1.29, 1.82) is 0 Å². The predicted molar refractivity (Wildman–Crippen MR) is 83.0 cm³/mol. The van der Waals surface area contributed by atoms with Crippen LogP contribution in [0.15, 0.2) is 36.5 Å². The molecular weight excluding hydrogens is 313 g/mol. The number of amides is 2. The van der Waals surface area contributed by atoms with Crippen LogP contribution in [-0.2, 0) is 4.79 Å². The molecule has 0 aliphatic rings. The molecule has 7 heteroatoms. The van der Waals surface area contributed by atoms with E-state index in [1.54, 1.807) is 24.3 Å². The number of nitrogens with one attached hydrogen (secondary N) is 2. The molecule has 108 valence electrons. The highest BCUT2D eigenvalue weighted by molar-refractivity contribution is 6.34. The maximum absolute atomic E-state index is 12.0. The molecule has 2 N–H and O–H groups in total. The van der Waals surface area contributed by atoms with Gasteiger partial charge in [-0.15, -0.1) is 0 Å². The molecule has 0 saturated carbocycles. The van der Waals surface area contributed by atoms with Crippen LogP contribution in [0, 0.1) is 0 Å². The molecule has 2 rings (SSSR count). The minimum atomic E-state index is -0.331. The maximum atomic E-state index is 12.0. The summed E-state index contributed by atoms with van der Waals surface area (Å²) in [6.45, 7) is 1.39. The molecule has 1 aromatic carbocycles. The fourth-order valence-electron chi connectivity index (χ4n) is 1.60. The molecule has 2 aromatic rings. The topological polar surface area (TPSA) is 71.1 Å². The number of anilines is 2. The van der Waals surface area contributed by atoms with Gasteiger partial charge in [0, 0.05) is 18.8 Å². The molecule has 21 heavy (non-hydrogen) atoms. The van der Waals surface area contributed by atoms with Crippen molar-refractivity contribution in [2.45, 2.75) is 6.92 Å². The summed E-state index contributed by atoms with van der Waals surface area (Å²) >= 11 is 11.7. The molecule has 1 aromatic heterocycles. The van der Waals surface area contributed by atoms with E-state index in [4.69, 9.17) is 23.2 Å². The Balaban J connectivity index is 2.12. The van der Waals surface area contributed by atoms with E-state index in [9.17, 15) is 9.59 Å². The molecule has 0 aliphatic carbocycles. The van der Waals surface area contributed by atoms with Crippen molar-refractivity contribution in [3.63, 3.8) is 0 Å². The molecule has 0 unspecified atom stereocenters. The minimum Gasteiger partial charge on any atom is -0.325 e. The van der Waals surface area contributed by atoms with Gasteiger partial charge in [-0.2, -0.15) is 0 Å². The molecule has 0 aliphatic heterocycles. The number of halogens is 2. The molecular formula is C14H11Cl2N3O2. The first-order valence-corrected chi connectivity index (χ1v) is 6.71. The van der Waals surface area contributed by atoms with Gasteiger partial charge in [0.25, 0.3) is 5.91 Å². The highest BCUT2D eigenvalue weighted by atomic mass is 35.5. The number of benzene rings is 1. The molecule has 0 spiro atoms. The predicted octanol–water partition coefficient (Wildman–Crippen LogP) is 3.60. The zero-order valence-corrected chi connectivity index (χ0v) is 12.5. The summed E-state index contributed by atoms with van der Waals surface area (Å²) in [5.74, 6) is -0.552. The Bertz CT molecular complexity index is 687. The van der Waals surface area contributed by atoms with Gasteiger partial charge in [-0.25, -0.2) is 4.98 Å². The van der Waals surface area contributed by atoms with E-state index in [-0.39, 0.29) is 11.8 Å². The molecule has 0 saturated heterocycles. The van der Waals surface area contributed by atoms with E-state index in [1.165, 1.54) is 19.2 Å². The first kappa shape index (κ1) is 15.3. The van der Waals surface area contributed by atoms with Crippen LogP contribution in [0.5, 0.6) is 0 Å². The van der Waals surface area contributed by atoms with Crippen molar-refractivity contribution >= 4 is 46.4 Å². The van der Waals surface area contributed by atoms with E-state index in [1.807, 2.05) is 0 Å². The molecule has 0 atom stereocenters. The van der Waals surface area contributed by atoms with Gasteiger partial charge >= 0.3 is 0 Å². The lowest BCUT2D eigenvalue weighted by Gasteiger charge is -2.09. The summed E-state index contributed by atoms with van der Waals surface area (Å²) in [7, 11) is 0. The Morgan fingerprint density at radius 1 is 1.10 bits per heavy atom. The SMILES string of the molecule is CC(=O)Nc1ccc(NC(=O)c2ccc(Cl)nc2)cc1Cl. The summed E-state index contributed by atoms with van der Waals surface area (Å²) in [5, 5.41) is 5.91. The Kier molecular flexibility index (Phi) is 4.77. The zero-order chi connectivity index (χ0) is 15.4. The third kappa shape index (κ3) is 4.18. The van der Waals surface area contributed by atoms with E-state index >= 15 is 0 Å². The summed E-state index contributed by atoms with van der Waals surface area (Å²) in [6.07, 6.45) is 1.38. The maximum Gasteiger partial charge on any atom is 0.257 e. The summed E-state index contributed by atoms with van der Waals surface area (Å²) in [6, 6.07) is 7.90. The Hall–Kier alpha value is -2.11. The fourth-order valence-corrected chi connectivity index (χ4v) is 1.94. The monoisotopic (exact) mass is 323 g/mol. The number of rotatable bonds is 3. The molecule has 5 nitrogen and oxygen atoms in total. The molecule has 0 radical (unpaired) electrons. The van der Waals surface area contributed by atoms with Gasteiger partial charge in [0.15, 0.2) is 0 Å². The number of carbonyl (C=O) groups is 2. The first-order valence-electron chi connectivity index (χ1n) is 5.96. The average Bonchev–Trinajstić information content (AvgIpc) is 2.42. The third-order valence-corrected chi connectivity index (χ3v) is 3.06. The van der Waals surface area contributed by atoms with Gasteiger partial charge in [0.05, 0.1) is 16.3 Å². The van der Waals surface area contributed by atoms with Crippen LogP contribution in [0.1, 0.15) is 17.3 Å². The van der Waals surface area contributed by atoms with Crippen LogP contribution in [-0.4, -0.2) is 16.8 Å². The van der Waals surface area contributed by atoms with Gasteiger partial charge in [0.2, 0.25) is 5.91 Å². The van der Waals surface area contributed by atoms with Crippen LogP contribution >= 0.6 is 23.2 Å². The van der Waals surface area contributed by atoms with Gasteiger partial charge < -0.3 is 10.6 Å². The van der Waals surface area contributed by atoms with Crippen LogP contribution in [0.3, 0.4) is 0 Å². The lowest BCUT2D eigenvalue weighted by molar-refractivity contribution is -0.114. The third-order valence-electron chi connectivity index (χ3n) is 2.53. The highest BCUT2D eigenvalue weighted by Crippen LogP contribution is 2.25. The first-order chi connectivity index (χ1) is 9.95. The standard InChI is InChI=1S/C14H11Cl2N3O2/c1-8(20)18-12-4-3-10(6-11(12)15)19-14(21)9-2-5-13(16)17-7-9/h2-7H,1H3,(H,18,20)(H,19,21). The number of hydrogen-bond donors (Lipinski definition) is 2. The number of hydrogen-bond acceptors (Lipinski definition) is 3. The van der Waals surface area contributed by atoms with Gasteiger partial charge in [0.1, 0.15) is 5.15 Å². The van der Waals surface area contributed by atoms with Crippen LogP contribution in [0.25, 0.3) is 0 Å². The van der Waals surface area contributed by atoms with E-state index in [2.05, 4.69) is 15.6 Å². The largest absolute Gasteiger partial charge is 0.325 e.